The van der Waals surface area contributed by atoms with Gasteiger partial charge in [0.25, 0.3) is 0 Å². The van der Waals surface area contributed by atoms with Gasteiger partial charge < -0.3 is 0 Å². The van der Waals surface area contributed by atoms with Gasteiger partial charge in [0.2, 0.25) is 0 Å². The van der Waals surface area contributed by atoms with Crippen molar-refractivity contribution in [3.8, 4) is 0 Å². The van der Waals surface area contributed by atoms with Gasteiger partial charge in [0, 0.05) is 29.1 Å². The van der Waals surface area contributed by atoms with E-state index in [0.717, 1.165) is 0 Å². The monoisotopic (exact) mass is 165 g/mol. The van der Waals surface area contributed by atoms with Gasteiger partial charge in [-0.3, -0.25) is 0 Å². The van der Waals surface area contributed by atoms with E-state index < -0.39 is 50.9 Å². The normalized spacial score (nSPS) is 50.6. The van der Waals surface area contributed by atoms with Crippen molar-refractivity contribution >= 4 is 11.6 Å². The van der Waals surface area contributed by atoms with Crippen LogP contribution in [0.4, 0.5) is 0 Å². The van der Waals surface area contributed by atoms with E-state index in [1.165, 1.54) is 0 Å². The molecular weight excluding hydrogens is 132 g/mol. The van der Waals surface area contributed by atoms with Crippen LogP contribution in [0.25, 0.3) is 0 Å². The Morgan fingerprint density at radius 3 is 2.56 bits per heavy atom. The van der Waals surface area contributed by atoms with Crippen molar-refractivity contribution in [2.24, 2.45) is 0 Å². The molecule has 0 aromatic rings. The molecule has 0 bridgehead atoms. The zero-order valence-corrected chi connectivity index (χ0v) is 5.13. The lowest BCUT2D eigenvalue weighted by Gasteiger charge is -1.95. The summed E-state index contributed by atoms with van der Waals surface area (Å²) < 4.78 is 126. The Labute approximate surface area is 87.5 Å². The molecule has 1 heteroatoms. The molecule has 0 fully saturated rings. The molecule has 56 valence electrons. The summed E-state index contributed by atoms with van der Waals surface area (Å²) in [7, 11) is 0. The first-order valence-corrected chi connectivity index (χ1v) is 2.32. The van der Waals surface area contributed by atoms with Crippen molar-refractivity contribution in [2.45, 2.75) is 45.1 Å². The minimum Gasteiger partial charge on any atom is -0.127 e. The maximum atomic E-state index is 7.67. The summed E-state index contributed by atoms with van der Waals surface area (Å²) >= 11 is 5.11. The average molecular weight is 166 g/mol. The van der Waals surface area contributed by atoms with E-state index in [2.05, 4.69) is 0 Å². The third-order valence-corrected chi connectivity index (χ3v) is 0.454. The molecule has 0 heterocycles. The van der Waals surface area contributed by atoms with Crippen molar-refractivity contribution < 1.29 is 23.3 Å². The lowest BCUT2D eigenvalue weighted by molar-refractivity contribution is 0.626. The lowest BCUT2D eigenvalue weighted by Crippen LogP contribution is -1.78. The average Bonchev–Trinajstić information content (AvgIpc) is 2.34. The number of hydrogen-bond acceptors (Lipinski definition) is 0. The first-order chi connectivity index (χ1) is 10.8. The van der Waals surface area contributed by atoms with Gasteiger partial charge in [0.15, 0.2) is 0 Å². The van der Waals surface area contributed by atoms with Gasteiger partial charge in [0.1, 0.15) is 0 Å². The summed E-state index contributed by atoms with van der Waals surface area (Å²) in [6.07, 6.45) is -24.8. The van der Waals surface area contributed by atoms with Gasteiger partial charge in [-0.15, -0.1) is 11.6 Å². The predicted molar refractivity (Wildman–Crippen MR) is 44.1 cm³/mol. The molecule has 0 saturated carbocycles. The van der Waals surface area contributed by atoms with Gasteiger partial charge in [-0.25, -0.2) is 0 Å². The van der Waals surface area contributed by atoms with Crippen LogP contribution >= 0.6 is 11.6 Å². The Morgan fingerprint density at radius 2 is 1.89 bits per heavy atom. The van der Waals surface area contributed by atoms with Crippen LogP contribution in [0.2, 0.25) is 0 Å². The third kappa shape index (κ3) is 8.29. The van der Waals surface area contributed by atoms with Gasteiger partial charge in [0.05, 0.1) is 0 Å². The van der Waals surface area contributed by atoms with Crippen LogP contribution < -0.4 is 0 Å². The van der Waals surface area contributed by atoms with Crippen LogP contribution in [0.15, 0.2) is 0 Å². The van der Waals surface area contributed by atoms with Crippen molar-refractivity contribution in [1.82, 2.24) is 0 Å². The lowest BCUT2D eigenvalue weighted by atomic mass is 10.1. The van der Waals surface area contributed by atoms with E-state index in [9.17, 15) is 0 Å². The second-order valence-electron chi connectivity index (χ2n) is 0.844. The van der Waals surface area contributed by atoms with Crippen LogP contribution in [0, 0.1) is 0 Å². The SMILES string of the molecule is [2H]C([2H])([2H])C([2H])([2H])C([2H])([2H])C([2H])([2H])C([2H])([2H])C([2H])([2H])C([2H])([2H])C([2H])([2H])Cl. The van der Waals surface area contributed by atoms with Crippen molar-refractivity contribution in [3.63, 3.8) is 0 Å². The third-order valence-electron chi connectivity index (χ3n) is 0.360. The van der Waals surface area contributed by atoms with Crippen molar-refractivity contribution in [1.29, 1.82) is 0 Å². The highest BCUT2D eigenvalue weighted by molar-refractivity contribution is 6.17. The van der Waals surface area contributed by atoms with Gasteiger partial charge in [-0.05, 0) is 6.37 Å². The Bertz CT molecular complexity index is 474. The first kappa shape index (κ1) is 0.998. The number of halogens is 1. The molecule has 0 aliphatic carbocycles. The maximum Gasteiger partial charge on any atom is 0.0435 e. The standard InChI is InChI=1S/C8H17Cl/c1-2-3-4-5-6-7-8-9/h2-8H2,1H3/i1D3,2D2,3D2,4D2,5D2,6D2,7D2,8D2. The molecular formula is C8H17Cl. The number of rotatable bonds is 6. The molecule has 0 atom stereocenters. The zero-order chi connectivity index (χ0) is 22.0. The molecule has 0 amide bonds. The number of hydrogen-bond donors (Lipinski definition) is 0. The molecule has 0 radical (unpaired) electrons. The Kier molecular flexibility index (Phi) is 0.919. The van der Waals surface area contributed by atoms with Crippen LogP contribution in [0.5, 0.6) is 0 Å². The second kappa shape index (κ2) is 8.29. The first-order valence-electron chi connectivity index (χ1n) is 10.4. The summed E-state index contributed by atoms with van der Waals surface area (Å²) in [6.45, 7) is -3.77. The minimum atomic E-state index is -4.27. The van der Waals surface area contributed by atoms with Crippen LogP contribution in [0.1, 0.15) is 68.4 Å². The predicted octanol–water partition coefficient (Wildman–Crippen LogP) is 3.59. The highest BCUT2D eigenvalue weighted by Crippen LogP contribution is 2.04. The smallest absolute Gasteiger partial charge is 0.0435 e. The summed E-state index contributed by atoms with van der Waals surface area (Å²) in [4.78, 5) is 0. The van der Waals surface area contributed by atoms with Crippen LogP contribution in [0.3, 0.4) is 0 Å². The number of alkyl halides is 1. The highest BCUT2D eigenvalue weighted by Gasteiger charge is 1.86. The Morgan fingerprint density at radius 1 is 1.22 bits per heavy atom. The summed E-state index contributed by atoms with van der Waals surface area (Å²) in [6, 6.07) is 0. The van der Waals surface area contributed by atoms with Crippen molar-refractivity contribution in [3.05, 3.63) is 0 Å². The second-order valence-corrected chi connectivity index (χ2v) is 1.03. The van der Waals surface area contributed by atoms with Crippen LogP contribution in [-0.4, -0.2) is 5.83 Å². The molecule has 0 aromatic carbocycles. The van der Waals surface area contributed by atoms with E-state index in [1.54, 1.807) is 0 Å². The molecule has 9 heavy (non-hydrogen) atoms. The molecule has 0 aliphatic heterocycles. The van der Waals surface area contributed by atoms with Crippen LogP contribution in [-0.2, 0) is 0 Å². The fourth-order valence-corrected chi connectivity index (χ4v) is 0.196. The highest BCUT2D eigenvalue weighted by atomic mass is 35.5. The minimum absolute atomic E-state index is 3.56. The quantitative estimate of drug-likeness (QED) is 0.528. The summed E-state index contributed by atoms with van der Waals surface area (Å²) in [5.74, 6) is -3.56. The van der Waals surface area contributed by atoms with E-state index in [1.807, 2.05) is 0 Å². The fraction of sp³-hybridized carbons (Fsp3) is 1.00. The molecule has 0 aliphatic rings. The molecule has 0 N–H and O–H groups in total. The molecule has 0 spiro atoms. The molecule has 0 rings (SSSR count). The van der Waals surface area contributed by atoms with Crippen molar-refractivity contribution in [2.75, 3.05) is 5.83 Å². The Hall–Kier alpha value is 0.290. The topological polar surface area (TPSA) is 0 Å². The van der Waals surface area contributed by atoms with Gasteiger partial charge in [-0.1, -0.05) is 38.7 Å². The van der Waals surface area contributed by atoms with E-state index in [-0.39, 0.29) is 0 Å². The molecule has 0 saturated heterocycles. The maximum absolute atomic E-state index is 7.67. The van der Waals surface area contributed by atoms with E-state index in [0.29, 0.717) is 0 Å². The van der Waals surface area contributed by atoms with Gasteiger partial charge in [-0.2, -0.15) is 0 Å². The van der Waals surface area contributed by atoms with Gasteiger partial charge >= 0.3 is 0 Å². The van der Waals surface area contributed by atoms with E-state index >= 15 is 0 Å². The molecule has 0 nitrogen and oxygen atoms in total. The largest absolute Gasteiger partial charge is 0.127 e. The summed E-state index contributed by atoms with van der Waals surface area (Å²) in [5.41, 5.74) is 0. The molecule has 0 aromatic heterocycles. The zero-order valence-electron chi connectivity index (χ0n) is 21.4. The summed E-state index contributed by atoms with van der Waals surface area (Å²) in [5, 5.41) is 0. The Balaban J connectivity index is 6.61. The van der Waals surface area contributed by atoms with E-state index in [4.69, 9.17) is 34.9 Å². The fourth-order valence-electron chi connectivity index (χ4n) is 0.149. The molecule has 0 unspecified atom stereocenters.